The number of methoxy groups -OCH3 is 1. The number of nitrogens with one attached hydrogen (secondary N) is 2. The third kappa shape index (κ3) is 8.92. The number of ketones is 1. The van der Waals surface area contributed by atoms with Crippen LogP contribution in [-0.4, -0.2) is 72.3 Å². The van der Waals surface area contributed by atoms with Crippen molar-refractivity contribution in [2.75, 3.05) is 19.0 Å². The highest BCUT2D eigenvalue weighted by Crippen LogP contribution is 2.56. The first-order valence-electron chi connectivity index (χ1n) is 24.3. The maximum absolute atomic E-state index is 16.2. The Balaban J connectivity index is 1.14. The van der Waals surface area contributed by atoms with E-state index in [9.17, 15) is 30.6 Å². The summed E-state index contributed by atoms with van der Waals surface area (Å²) in [6, 6.07) is 23.6. The molecule has 69 heavy (non-hydrogen) atoms. The number of nitrogens with zero attached hydrogens (tertiary/aromatic N) is 1. The molecule has 12 heteroatoms. The first kappa shape index (κ1) is 46.0. The van der Waals surface area contributed by atoms with Gasteiger partial charge in [-0.1, -0.05) is 43.4 Å². The number of aryl methyl sites for hydroxylation is 1. The monoisotopic (exact) mass is 931 g/mol. The lowest BCUT2D eigenvalue weighted by Crippen LogP contribution is -2.51. The van der Waals surface area contributed by atoms with Crippen LogP contribution in [0, 0.1) is 23.7 Å². The molecule has 1 saturated carbocycles. The molecule has 6 aromatic rings. The summed E-state index contributed by atoms with van der Waals surface area (Å²) in [5.74, 6) is -1.63. The number of pyridine rings is 1. The number of benzene rings is 4. The molecule has 10 rings (SSSR count). The summed E-state index contributed by atoms with van der Waals surface area (Å²) in [5, 5.41) is 74.6. The van der Waals surface area contributed by atoms with E-state index in [1.54, 1.807) is 42.6 Å². The van der Waals surface area contributed by atoms with Gasteiger partial charge in [-0.2, -0.15) is 0 Å². The zero-order valence-corrected chi connectivity index (χ0v) is 39.0. The summed E-state index contributed by atoms with van der Waals surface area (Å²) >= 11 is 0. The minimum Gasteiger partial charge on any atom is -0.508 e. The van der Waals surface area contributed by atoms with Crippen LogP contribution in [0.2, 0.25) is 0 Å². The molecule has 3 aliphatic carbocycles. The smallest absolute Gasteiger partial charge is 0.200 e. The number of anilines is 2. The van der Waals surface area contributed by atoms with Crippen LogP contribution < -0.4 is 14.8 Å². The standard InChI is InChI=1S/C57H61N3O9/c1-32-5-3-6-34(21-32)31-69-51-28-39(27-49(66)56(51)67)38-23-35-10-11-36-24-42(61)25-37-12-13-44(54(35)53(36)37)60-52-29-40(17-20-59-52)57(18-16-45(62)43(57)30-41-7-4-19-58-41)55(48(65)26-38)47(64)15-9-33-8-14-46(63)50(22-33)68-2/h3-4,6-8,10-14,17,19-20,22,24-25,27-29,32,34-35,38,43,45,47,55,58,61-64,66-67H,5,9,15-16,18,21,23,26,30-31H2,1-2H3,(H,59,60). The van der Waals surface area contributed by atoms with Crippen molar-refractivity contribution in [1.82, 2.24) is 9.97 Å². The van der Waals surface area contributed by atoms with Crippen molar-refractivity contribution in [2.24, 2.45) is 23.7 Å². The van der Waals surface area contributed by atoms with Gasteiger partial charge in [-0.05, 0) is 169 Å². The number of allylic oxidation sites excluding steroid dienone is 2. The van der Waals surface area contributed by atoms with Gasteiger partial charge in [-0.3, -0.25) is 4.79 Å². The van der Waals surface area contributed by atoms with E-state index >= 15 is 4.79 Å². The summed E-state index contributed by atoms with van der Waals surface area (Å²) in [6.07, 6.45) is 14.0. The number of H-pyrrole nitrogens is 1. The van der Waals surface area contributed by atoms with Crippen molar-refractivity contribution < 1.29 is 44.9 Å². The first-order chi connectivity index (χ1) is 33.4. The Morgan fingerprint density at radius 3 is 2.62 bits per heavy atom. The van der Waals surface area contributed by atoms with Gasteiger partial charge in [0.1, 0.15) is 17.4 Å². The van der Waals surface area contributed by atoms with E-state index in [0.717, 1.165) is 57.2 Å². The second kappa shape index (κ2) is 19.0. The van der Waals surface area contributed by atoms with Gasteiger partial charge < -0.3 is 50.4 Å². The molecule has 9 atom stereocenters. The second-order valence-corrected chi connectivity index (χ2v) is 20.0. The van der Waals surface area contributed by atoms with Crippen LogP contribution in [0.5, 0.6) is 34.5 Å². The molecule has 1 fully saturated rings. The number of aliphatic hydroxyl groups excluding tert-OH is 2. The van der Waals surface area contributed by atoms with Gasteiger partial charge in [0.2, 0.25) is 5.75 Å². The minimum absolute atomic E-state index is 0.00186. The SMILES string of the molecule is COc1cc(CCC(O)C2C(=O)CC(c3cc(O)c(O)c(OCC4C=CCC(C)C4)c3)CC3C=Cc4cc(O)cc5ccc(c3c45)Nc3cc(ccn3)C23CCC(O)C3Cc2ccc[nH]2)ccc1O. The van der Waals surface area contributed by atoms with Gasteiger partial charge in [-0.25, -0.2) is 4.98 Å². The van der Waals surface area contributed by atoms with E-state index in [-0.39, 0.29) is 59.2 Å². The summed E-state index contributed by atoms with van der Waals surface area (Å²) in [5.41, 5.74) is 4.59. The Kier molecular flexibility index (Phi) is 12.6. The lowest BCUT2D eigenvalue weighted by molar-refractivity contribution is -0.132. The average molecular weight is 932 g/mol. The Morgan fingerprint density at radius 2 is 1.81 bits per heavy atom. The van der Waals surface area contributed by atoms with Crippen LogP contribution in [-0.2, 0) is 23.1 Å². The molecule has 1 aliphatic heterocycles. The number of carbonyl (C=O) groups is 1. The van der Waals surface area contributed by atoms with Gasteiger partial charge in [0.15, 0.2) is 23.0 Å². The maximum atomic E-state index is 16.2. The van der Waals surface area contributed by atoms with Gasteiger partial charge >= 0.3 is 0 Å². The molecule has 0 saturated heterocycles. The van der Waals surface area contributed by atoms with Crippen LogP contribution in [0.25, 0.3) is 16.8 Å². The van der Waals surface area contributed by atoms with Gasteiger partial charge in [-0.15, -0.1) is 0 Å². The number of aromatic hydroxyl groups is 4. The predicted molar refractivity (Wildman–Crippen MR) is 266 cm³/mol. The highest BCUT2D eigenvalue weighted by atomic mass is 16.5. The Hall–Kier alpha value is -6.76. The van der Waals surface area contributed by atoms with Crippen molar-refractivity contribution in [3.05, 3.63) is 143 Å². The van der Waals surface area contributed by atoms with Crippen LogP contribution in [0.3, 0.4) is 0 Å². The first-order valence-corrected chi connectivity index (χ1v) is 24.3. The highest BCUT2D eigenvalue weighted by molar-refractivity contribution is 6.00. The molecule has 2 bridgehead atoms. The largest absolute Gasteiger partial charge is 0.508 e. The number of aromatic amines is 1. The van der Waals surface area contributed by atoms with Crippen LogP contribution >= 0.6 is 0 Å². The zero-order valence-electron chi connectivity index (χ0n) is 39.0. The number of phenols is 4. The summed E-state index contributed by atoms with van der Waals surface area (Å²) in [4.78, 5) is 24.4. The van der Waals surface area contributed by atoms with Crippen molar-refractivity contribution in [3.63, 3.8) is 0 Å². The fraction of sp³-hybridized carbons (Fsp3) is 0.368. The number of aromatic nitrogens is 2. The van der Waals surface area contributed by atoms with Crippen molar-refractivity contribution in [1.29, 1.82) is 0 Å². The second-order valence-electron chi connectivity index (χ2n) is 20.0. The topological polar surface area (TPSA) is 198 Å². The molecule has 0 amide bonds. The predicted octanol–water partition coefficient (Wildman–Crippen LogP) is 10.2. The van der Waals surface area contributed by atoms with E-state index in [2.05, 4.69) is 35.5 Å². The van der Waals surface area contributed by atoms with Gasteiger partial charge in [0, 0.05) is 53.4 Å². The third-order valence-electron chi connectivity index (χ3n) is 15.6. The van der Waals surface area contributed by atoms with Crippen molar-refractivity contribution in [3.8, 4) is 34.5 Å². The molecule has 12 nitrogen and oxygen atoms in total. The number of carbonyl (C=O) groups excluding carboxylic acids is 1. The van der Waals surface area contributed by atoms with E-state index in [4.69, 9.17) is 14.5 Å². The quantitative estimate of drug-likeness (QED) is 0.0455. The molecule has 3 heterocycles. The number of rotatable bonds is 11. The summed E-state index contributed by atoms with van der Waals surface area (Å²) in [7, 11) is 1.48. The molecular formula is C57H61N3O9. The fourth-order valence-corrected chi connectivity index (χ4v) is 12.4. The third-order valence-corrected chi connectivity index (χ3v) is 15.6. The van der Waals surface area contributed by atoms with E-state index in [1.807, 2.05) is 48.7 Å². The van der Waals surface area contributed by atoms with Crippen LogP contribution in [0.15, 0.2) is 109 Å². The molecule has 4 aromatic carbocycles. The van der Waals surface area contributed by atoms with E-state index in [1.165, 1.54) is 13.2 Å². The lowest BCUT2D eigenvalue weighted by atomic mass is 9.58. The Morgan fingerprint density at radius 1 is 0.942 bits per heavy atom. The van der Waals surface area contributed by atoms with Gasteiger partial charge in [0.25, 0.3) is 0 Å². The van der Waals surface area contributed by atoms with Crippen molar-refractivity contribution >= 4 is 34.1 Å². The Labute approximate surface area is 402 Å². The lowest BCUT2D eigenvalue weighted by Gasteiger charge is -2.45. The molecular weight excluding hydrogens is 871 g/mol. The molecule has 4 aliphatic rings. The molecule has 358 valence electrons. The number of Topliss-reactive ketones (excluding diaryl/α,β-unsaturated/α-hetero) is 1. The highest BCUT2D eigenvalue weighted by Gasteiger charge is 2.58. The molecule has 2 aromatic heterocycles. The summed E-state index contributed by atoms with van der Waals surface area (Å²) in [6.45, 7) is 2.50. The summed E-state index contributed by atoms with van der Waals surface area (Å²) < 4.78 is 11.8. The zero-order chi connectivity index (χ0) is 48.0. The average Bonchev–Trinajstić information content (AvgIpc) is 3.98. The minimum atomic E-state index is -1.20. The fourth-order valence-electron chi connectivity index (χ4n) is 12.4. The number of hydrogen-bond acceptors (Lipinski definition) is 11. The number of hydrogen-bond donors (Lipinski definition) is 8. The van der Waals surface area contributed by atoms with Crippen LogP contribution in [0.1, 0.15) is 97.2 Å². The number of ether oxygens (including phenoxy) is 2. The van der Waals surface area contributed by atoms with E-state index in [0.29, 0.717) is 61.8 Å². The molecule has 8 N–H and O–H groups in total. The number of phenolic OH excluding ortho intramolecular Hbond substituents is 4. The normalized spacial score (nSPS) is 25.7. The van der Waals surface area contributed by atoms with E-state index < -0.39 is 35.4 Å². The van der Waals surface area contributed by atoms with Crippen LogP contribution in [0.4, 0.5) is 11.5 Å². The number of aliphatic hydroxyl groups is 2. The molecule has 0 radical (unpaired) electrons. The maximum Gasteiger partial charge on any atom is 0.200 e. The molecule has 1 spiro atoms. The number of fused-ring (bicyclic) bond motifs is 3. The van der Waals surface area contributed by atoms with Gasteiger partial charge in [0.05, 0.1) is 31.8 Å². The Bertz CT molecular complexity index is 2930. The molecule has 9 unspecified atom stereocenters. The van der Waals surface area contributed by atoms with Crippen molar-refractivity contribution in [2.45, 2.75) is 94.2 Å².